The first-order chi connectivity index (χ1) is 9.63. The summed E-state index contributed by atoms with van der Waals surface area (Å²) in [6.07, 6.45) is 0. The van der Waals surface area contributed by atoms with Gasteiger partial charge in [-0.15, -0.1) is 11.3 Å². The van der Waals surface area contributed by atoms with Crippen molar-refractivity contribution in [3.63, 3.8) is 0 Å². The molecule has 2 N–H and O–H groups in total. The van der Waals surface area contributed by atoms with Crippen molar-refractivity contribution >= 4 is 34.6 Å². The van der Waals surface area contributed by atoms with Gasteiger partial charge in [0.15, 0.2) is 11.5 Å². The van der Waals surface area contributed by atoms with Gasteiger partial charge < -0.3 is 19.9 Å². The third kappa shape index (κ3) is 2.52. The Bertz CT molecular complexity index is 670. The topological polar surface area (TPSA) is 67.8 Å². The average Bonchev–Trinajstić information content (AvgIpc) is 3.03. The van der Waals surface area contributed by atoms with E-state index >= 15 is 0 Å². The molecule has 0 radical (unpaired) electrons. The molecule has 7 heteroatoms. The van der Waals surface area contributed by atoms with Gasteiger partial charge in [-0.2, -0.15) is 0 Å². The summed E-state index contributed by atoms with van der Waals surface area (Å²) in [5.74, 6) is 0.354. The number of nitrogens with one attached hydrogen (secondary N) is 1. The molecule has 0 saturated carbocycles. The predicted octanol–water partition coefficient (Wildman–Crippen LogP) is 3.44. The molecule has 1 aromatic carbocycles. The third-order valence-corrected chi connectivity index (χ3v) is 4.07. The van der Waals surface area contributed by atoms with Crippen LogP contribution in [0.15, 0.2) is 23.6 Å². The van der Waals surface area contributed by atoms with Crippen LogP contribution in [0.25, 0.3) is 0 Å². The van der Waals surface area contributed by atoms with Crippen molar-refractivity contribution in [2.45, 2.75) is 6.54 Å². The molecule has 1 aliphatic rings. The standard InChI is InChI=1S/C13H10ClNO4S/c14-9-2-11-12(19-6-18-11)3-10(9)15-4-8-1-7(5-20-8)13(16)17/h1-3,5,15H,4,6H2,(H,16,17). The van der Waals surface area contributed by atoms with Gasteiger partial charge in [-0.25, -0.2) is 4.79 Å². The summed E-state index contributed by atoms with van der Waals surface area (Å²) in [6.45, 7) is 0.694. The zero-order chi connectivity index (χ0) is 14.1. The van der Waals surface area contributed by atoms with Gasteiger partial charge in [-0.3, -0.25) is 0 Å². The molecule has 5 nitrogen and oxygen atoms in total. The molecule has 0 amide bonds. The maximum atomic E-state index is 10.8. The number of thiophene rings is 1. The van der Waals surface area contributed by atoms with Gasteiger partial charge in [0.2, 0.25) is 6.79 Å². The molecule has 0 unspecified atom stereocenters. The highest BCUT2D eigenvalue weighted by Gasteiger charge is 2.16. The van der Waals surface area contributed by atoms with Crippen LogP contribution in [0.5, 0.6) is 11.5 Å². The number of fused-ring (bicyclic) bond motifs is 1. The number of halogens is 1. The monoisotopic (exact) mass is 311 g/mol. The Hall–Kier alpha value is -1.92. The van der Waals surface area contributed by atoms with E-state index < -0.39 is 5.97 Å². The van der Waals surface area contributed by atoms with E-state index in [9.17, 15) is 4.79 Å². The fourth-order valence-corrected chi connectivity index (χ4v) is 2.84. The van der Waals surface area contributed by atoms with E-state index in [4.69, 9.17) is 26.2 Å². The van der Waals surface area contributed by atoms with E-state index in [0.29, 0.717) is 28.6 Å². The predicted molar refractivity (Wildman–Crippen MR) is 76.2 cm³/mol. The summed E-state index contributed by atoms with van der Waals surface area (Å²) in [6, 6.07) is 5.11. The van der Waals surface area contributed by atoms with Crippen molar-refractivity contribution in [2.75, 3.05) is 12.1 Å². The fourth-order valence-electron chi connectivity index (χ4n) is 1.82. The van der Waals surface area contributed by atoms with E-state index in [1.54, 1.807) is 23.6 Å². The van der Waals surface area contributed by atoms with Gasteiger partial charge in [0, 0.05) is 28.9 Å². The van der Waals surface area contributed by atoms with Gasteiger partial charge in [-0.05, 0) is 6.07 Å². The van der Waals surface area contributed by atoms with Crippen LogP contribution in [-0.2, 0) is 6.54 Å². The average molecular weight is 312 g/mol. The van der Waals surface area contributed by atoms with E-state index in [0.717, 1.165) is 10.6 Å². The van der Waals surface area contributed by atoms with Crippen molar-refractivity contribution in [3.8, 4) is 11.5 Å². The summed E-state index contributed by atoms with van der Waals surface area (Å²) in [5, 5.41) is 14.2. The van der Waals surface area contributed by atoms with Gasteiger partial charge in [0.05, 0.1) is 16.3 Å². The van der Waals surface area contributed by atoms with Crippen LogP contribution in [-0.4, -0.2) is 17.9 Å². The lowest BCUT2D eigenvalue weighted by atomic mass is 10.2. The lowest BCUT2D eigenvalue weighted by Gasteiger charge is -2.08. The lowest BCUT2D eigenvalue weighted by molar-refractivity contribution is 0.0697. The Kier molecular flexibility index (Phi) is 3.42. The van der Waals surface area contributed by atoms with E-state index in [1.165, 1.54) is 11.3 Å². The van der Waals surface area contributed by atoms with E-state index in [1.807, 2.05) is 0 Å². The number of rotatable bonds is 4. The molecule has 1 aliphatic heterocycles. The zero-order valence-electron chi connectivity index (χ0n) is 10.2. The normalized spacial score (nSPS) is 12.4. The molecule has 0 fully saturated rings. The number of hydrogen-bond acceptors (Lipinski definition) is 5. The fraction of sp³-hybridized carbons (Fsp3) is 0.154. The molecule has 0 saturated heterocycles. The minimum Gasteiger partial charge on any atom is -0.478 e. The third-order valence-electron chi connectivity index (χ3n) is 2.82. The second-order valence-corrected chi connectivity index (χ2v) is 5.55. The van der Waals surface area contributed by atoms with Crippen LogP contribution >= 0.6 is 22.9 Å². The smallest absolute Gasteiger partial charge is 0.336 e. The van der Waals surface area contributed by atoms with Crippen LogP contribution in [0.2, 0.25) is 5.02 Å². The number of anilines is 1. The Labute approximate surface area is 123 Å². The van der Waals surface area contributed by atoms with Crippen LogP contribution in [0.1, 0.15) is 15.2 Å². The molecule has 0 aliphatic carbocycles. The maximum Gasteiger partial charge on any atom is 0.336 e. The second-order valence-electron chi connectivity index (χ2n) is 4.15. The Balaban J connectivity index is 1.73. The highest BCUT2D eigenvalue weighted by molar-refractivity contribution is 7.10. The Morgan fingerprint density at radius 2 is 2.10 bits per heavy atom. The van der Waals surface area contributed by atoms with Crippen molar-refractivity contribution in [2.24, 2.45) is 0 Å². The highest BCUT2D eigenvalue weighted by Crippen LogP contribution is 2.39. The molecule has 2 aromatic rings. The minimum atomic E-state index is -0.923. The van der Waals surface area contributed by atoms with E-state index in [2.05, 4.69) is 5.32 Å². The SMILES string of the molecule is O=C(O)c1csc(CNc2cc3c(cc2Cl)OCO3)c1. The minimum absolute atomic E-state index is 0.196. The molecule has 0 bridgehead atoms. The zero-order valence-corrected chi connectivity index (χ0v) is 11.8. The van der Waals surface area contributed by atoms with Crippen molar-refractivity contribution in [1.82, 2.24) is 0 Å². The van der Waals surface area contributed by atoms with Crippen LogP contribution in [0, 0.1) is 0 Å². The van der Waals surface area contributed by atoms with Crippen molar-refractivity contribution in [1.29, 1.82) is 0 Å². The van der Waals surface area contributed by atoms with Gasteiger partial charge in [-0.1, -0.05) is 11.6 Å². The summed E-state index contributed by atoms with van der Waals surface area (Å²) in [7, 11) is 0. The molecule has 3 rings (SSSR count). The first kappa shape index (κ1) is 13.1. The summed E-state index contributed by atoms with van der Waals surface area (Å²) < 4.78 is 10.5. The molecular weight excluding hydrogens is 302 g/mol. The number of aromatic carboxylic acids is 1. The summed E-state index contributed by atoms with van der Waals surface area (Å²) >= 11 is 7.53. The number of hydrogen-bond donors (Lipinski definition) is 2. The number of carboxylic acids is 1. The number of benzene rings is 1. The van der Waals surface area contributed by atoms with Gasteiger partial charge >= 0.3 is 5.97 Å². The summed E-state index contributed by atoms with van der Waals surface area (Å²) in [4.78, 5) is 11.7. The Morgan fingerprint density at radius 1 is 1.35 bits per heavy atom. The largest absolute Gasteiger partial charge is 0.478 e. The number of carboxylic acid groups (broad SMARTS) is 1. The molecule has 2 heterocycles. The maximum absolute atomic E-state index is 10.8. The molecule has 104 valence electrons. The first-order valence-corrected chi connectivity index (χ1v) is 7.03. The molecule has 0 atom stereocenters. The number of carbonyl (C=O) groups is 1. The van der Waals surface area contributed by atoms with Gasteiger partial charge in [0.1, 0.15) is 0 Å². The van der Waals surface area contributed by atoms with Crippen molar-refractivity contribution in [3.05, 3.63) is 39.0 Å². The molecular formula is C13H10ClNO4S. The van der Waals surface area contributed by atoms with Crippen LogP contribution in [0.3, 0.4) is 0 Å². The summed E-state index contributed by atoms with van der Waals surface area (Å²) in [5.41, 5.74) is 1.02. The van der Waals surface area contributed by atoms with Crippen molar-refractivity contribution < 1.29 is 19.4 Å². The van der Waals surface area contributed by atoms with Gasteiger partial charge in [0.25, 0.3) is 0 Å². The first-order valence-electron chi connectivity index (χ1n) is 5.77. The molecule has 20 heavy (non-hydrogen) atoms. The molecule has 0 spiro atoms. The van der Waals surface area contributed by atoms with E-state index in [-0.39, 0.29) is 6.79 Å². The highest BCUT2D eigenvalue weighted by atomic mass is 35.5. The van der Waals surface area contributed by atoms with Crippen LogP contribution < -0.4 is 14.8 Å². The lowest BCUT2D eigenvalue weighted by Crippen LogP contribution is -1.99. The quantitative estimate of drug-likeness (QED) is 0.905. The van der Waals surface area contributed by atoms with Crippen LogP contribution in [0.4, 0.5) is 5.69 Å². The molecule has 1 aromatic heterocycles. The second kappa shape index (κ2) is 5.22. The number of ether oxygens (including phenoxy) is 2. The Morgan fingerprint density at radius 3 is 2.80 bits per heavy atom.